The molecule has 7 heteroatoms. The average Bonchev–Trinajstić information content (AvgIpc) is 3.08. The number of aromatic nitrogens is 3. The molecule has 116 valence electrons. The van der Waals surface area contributed by atoms with E-state index in [1.807, 2.05) is 0 Å². The van der Waals surface area contributed by atoms with Gasteiger partial charge < -0.3 is 5.32 Å². The fraction of sp³-hybridized carbons (Fsp3) is 0.0625. The Morgan fingerprint density at radius 3 is 2.74 bits per heavy atom. The zero-order chi connectivity index (χ0) is 16.2. The average molecular weight is 314 g/mol. The fourth-order valence-electron chi connectivity index (χ4n) is 2.00. The summed E-state index contributed by atoms with van der Waals surface area (Å²) < 4.78 is 27.9. The van der Waals surface area contributed by atoms with Crippen molar-refractivity contribution in [3.63, 3.8) is 0 Å². The van der Waals surface area contributed by atoms with Crippen LogP contribution in [0.5, 0.6) is 0 Å². The number of hydrogen-bond acceptors (Lipinski definition) is 3. The Kier molecular flexibility index (Phi) is 4.09. The minimum Gasteiger partial charge on any atom is -0.348 e. The molecule has 1 N–H and O–H groups in total. The van der Waals surface area contributed by atoms with Crippen molar-refractivity contribution < 1.29 is 13.6 Å². The molecule has 1 aromatic carbocycles. The molecule has 3 rings (SSSR count). The summed E-state index contributed by atoms with van der Waals surface area (Å²) in [5, 5.41) is 6.60. The predicted molar refractivity (Wildman–Crippen MR) is 78.9 cm³/mol. The molecule has 0 unspecified atom stereocenters. The van der Waals surface area contributed by atoms with Crippen molar-refractivity contribution in [3.8, 4) is 5.82 Å². The highest BCUT2D eigenvalue weighted by atomic mass is 19.1. The van der Waals surface area contributed by atoms with Crippen LogP contribution >= 0.6 is 0 Å². The van der Waals surface area contributed by atoms with E-state index in [4.69, 9.17) is 0 Å². The number of amides is 1. The highest BCUT2D eigenvalue weighted by Crippen LogP contribution is 2.10. The number of benzene rings is 1. The number of carbonyl (C=O) groups excluding carboxylic acids is 1. The van der Waals surface area contributed by atoms with Crippen molar-refractivity contribution in [1.29, 1.82) is 0 Å². The molecule has 0 spiro atoms. The van der Waals surface area contributed by atoms with Gasteiger partial charge in [-0.3, -0.25) is 4.79 Å². The summed E-state index contributed by atoms with van der Waals surface area (Å²) in [4.78, 5) is 16.2. The number of carbonyl (C=O) groups is 1. The monoisotopic (exact) mass is 314 g/mol. The first kappa shape index (κ1) is 14.8. The first-order valence-corrected chi connectivity index (χ1v) is 6.82. The predicted octanol–water partition coefficient (Wildman–Crippen LogP) is 2.48. The molecule has 0 saturated heterocycles. The van der Waals surface area contributed by atoms with Crippen LogP contribution in [0.1, 0.15) is 15.9 Å². The van der Waals surface area contributed by atoms with E-state index in [0.717, 1.165) is 12.1 Å². The Labute approximate surface area is 130 Å². The normalized spacial score (nSPS) is 10.5. The smallest absolute Gasteiger partial charge is 0.253 e. The summed E-state index contributed by atoms with van der Waals surface area (Å²) >= 11 is 0. The SMILES string of the molecule is O=C(NCc1ccc(F)cc1F)c1ccc(-n2cccn2)nc1. The molecular formula is C16H12F2N4O. The zero-order valence-electron chi connectivity index (χ0n) is 11.9. The van der Waals surface area contributed by atoms with Gasteiger partial charge in [0.1, 0.15) is 11.6 Å². The fourth-order valence-corrected chi connectivity index (χ4v) is 2.00. The summed E-state index contributed by atoms with van der Waals surface area (Å²) in [5.41, 5.74) is 0.546. The van der Waals surface area contributed by atoms with E-state index in [1.54, 1.807) is 35.3 Å². The number of rotatable bonds is 4. The lowest BCUT2D eigenvalue weighted by molar-refractivity contribution is 0.0950. The number of hydrogen-bond donors (Lipinski definition) is 1. The molecule has 0 fully saturated rings. The lowest BCUT2D eigenvalue weighted by atomic mass is 10.2. The second-order valence-electron chi connectivity index (χ2n) is 4.77. The van der Waals surface area contributed by atoms with Gasteiger partial charge in [-0.05, 0) is 24.3 Å². The molecule has 0 saturated carbocycles. The van der Waals surface area contributed by atoms with Crippen molar-refractivity contribution in [3.05, 3.63) is 77.8 Å². The van der Waals surface area contributed by atoms with Gasteiger partial charge in [-0.1, -0.05) is 6.07 Å². The summed E-state index contributed by atoms with van der Waals surface area (Å²) in [7, 11) is 0. The van der Waals surface area contributed by atoms with Gasteiger partial charge in [0.2, 0.25) is 0 Å². The van der Waals surface area contributed by atoms with Gasteiger partial charge in [-0.25, -0.2) is 18.4 Å². The van der Waals surface area contributed by atoms with Crippen LogP contribution in [0.3, 0.4) is 0 Å². The van der Waals surface area contributed by atoms with Gasteiger partial charge in [-0.2, -0.15) is 5.10 Å². The topological polar surface area (TPSA) is 59.8 Å². The zero-order valence-corrected chi connectivity index (χ0v) is 11.9. The van der Waals surface area contributed by atoms with Crippen molar-refractivity contribution in [1.82, 2.24) is 20.1 Å². The Bertz CT molecular complexity index is 817. The number of nitrogens with zero attached hydrogens (tertiary/aromatic N) is 3. The van der Waals surface area contributed by atoms with Crippen molar-refractivity contribution >= 4 is 5.91 Å². The molecule has 0 radical (unpaired) electrons. The van der Waals surface area contributed by atoms with E-state index in [-0.39, 0.29) is 12.1 Å². The van der Waals surface area contributed by atoms with Crippen molar-refractivity contribution in [2.75, 3.05) is 0 Å². The third-order valence-corrected chi connectivity index (χ3v) is 3.20. The minimum absolute atomic E-state index is 0.0359. The summed E-state index contributed by atoms with van der Waals surface area (Å²) in [5.74, 6) is -1.17. The van der Waals surface area contributed by atoms with Gasteiger partial charge >= 0.3 is 0 Å². The lowest BCUT2D eigenvalue weighted by Gasteiger charge is -2.07. The van der Waals surface area contributed by atoms with Crippen LogP contribution < -0.4 is 5.32 Å². The second kappa shape index (κ2) is 6.35. The van der Waals surface area contributed by atoms with Crippen LogP contribution in [0.2, 0.25) is 0 Å². The maximum Gasteiger partial charge on any atom is 0.253 e. The highest BCUT2D eigenvalue weighted by molar-refractivity contribution is 5.93. The third-order valence-electron chi connectivity index (χ3n) is 3.20. The maximum absolute atomic E-state index is 13.5. The van der Waals surface area contributed by atoms with Crippen LogP contribution in [0.15, 0.2) is 55.0 Å². The third kappa shape index (κ3) is 3.39. The van der Waals surface area contributed by atoms with E-state index in [1.165, 1.54) is 12.3 Å². The molecule has 2 aromatic heterocycles. The van der Waals surface area contributed by atoms with E-state index in [0.29, 0.717) is 11.4 Å². The first-order chi connectivity index (χ1) is 11.1. The summed E-state index contributed by atoms with van der Waals surface area (Å²) in [6.45, 7) is -0.0359. The van der Waals surface area contributed by atoms with Gasteiger partial charge in [0.05, 0.1) is 5.56 Å². The Morgan fingerprint density at radius 1 is 1.22 bits per heavy atom. The summed E-state index contributed by atoms with van der Waals surface area (Å²) in [6.07, 6.45) is 4.77. The van der Waals surface area contributed by atoms with Crippen LogP contribution in [0.25, 0.3) is 5.82 Å². The van der Waals surface area contributed by atoms with Crippen molar-refractivity contribution in [2.24, 2.45) is 0 Å². The van der Waals surface area contributed by atoms with Gasteiger partial charge in [0.15, 0.2) is 5.82 Å². The largest absolute Gasteiger partial charge is 0.348 e. The van der Waals surface area contributed by atoms with Crippen molar-refractivity contribution in [2.45, 2.75) is 6.54 Å². The van der Waals surface area contributed by atoms with E-state index < -0.39 is 17.5 Å². The Balaban J connectivity index is 1.66. The second-order valence-corrected chi connectivity index (χ2v) is 4.77. The molecule has 3 aromatic rings. The van der Waals surface area contributed by atoms with E-state index in [2.05, 4.69) is 15.4 Å². The van der Waals surface area contributed by atoms with Gasteiger partial charge in [0, 0.05) is 36.8 Å². The Hall–Kier alpha value is -3.09. The number of pyridine rings is 1. The molecule has 2 heterocycles. The molecule has 0 bridgehead atoms. The Morgan fingerprint density at radius 2 is 2.09 bits per heavy atom. The van der Waals surface area contributed by atoms with Gasteiger partial charge in [0.25, 0.3) is 5.91 Å². The molecule has 0 aliphatic heterocycles. The highest BCUT2D eigenvalue weighted by Gasteiger charge is 2.09. The van der Waals surface area contributed by atoms with E-state index >= 15 is 0 Å². The molecule has 23 heavy (non-hydrogen) atoms. The molecule has 0 aliphatic rings. The van der Waals surface area contributed by atoms with Crippen LogP contribution in [-0.4, -0.2) is 20.7 Å². The lowest BCUT2D eigenvalue weighted by Crippen LogP contribution is -2.23. The molecular weight excluding hydrogens is 302 g/mol. The number of halogens is 2. The molecule has 0 atom stereocenters. The van der Waals surface area contributed by atoms with Crippen LogP contribution in [-0.2, 0) is 6.54 Å². The minimum atomic E-state index is -0.697. The molecule has 0 aliphatic carbocycles. The van der Waals surface area contributed by atoms with Crippen LogP contribution in [0, 0.1) is 11.6 Å². The first-order valence-electron chi connectivity index (χ1n) is 6.82. The standard InChI is InChI=1S/C16H12F2N4O/c17-13-4-2-11(14(18)8-13)9-20-16(23)12-3-5-15(19-10-12)22-7-1-6-21-22/h1-8,10H,9H2,(H,20,23). The quantitative estimate of drug-likeness (QED) is 0.805. The van der Waals surface area contributed by atoms with Gasteiger partial charge in [-0.15, -0.1) is 0 Å². The number of nitrogens with one attached hydrogen (secondary N) is 1. The van der Waals surface area contributed by atoms with E-state index in [9.17, 15) is 13.6 Å². The molecule has 5 nitrogen and oxygen atoms in total. The maximum atomic E-state index is 13.5. The summed E-state index contributed by atoms with van der Waals surface area (Å²) in [6, 6.07) is 8.23. The van der Waals surface area contributed by atoms with Crippen LogP contribution in [0.4, 0.5) is 8.78 Å². The molecule has 1 amide bonds.